The van der Waals surface area contributed by atoms with Crippen molar-refractivity contribution in [3.05, 3.63) is 58.7 Å². The van der Waals surface area contributed by atoms with E-state index >= 15 is 0 Å². The van der Waals surface area contributed by atoms with Crippen molar-refractivity contribution in [3.63, 3.8) is 0 Å². The lowest BCUT2D eigenvalue weighted by Crippen LogP contribution is -2.36. The van der Waals surface area contributed by atoms with Gasteiger partial charge in [0.1, 0.15) is 0 Å². The zero-order chi connectivity index (χ0) is 24.0. The zero-order valence-electron chi connectivity index (χ0n) is 19.7. The number of aromatic nitrogens is 5. The van der Waals surface area contributed by atoms with Crippen molar-refractivity contribution in [1.29, 1.82) is 0 Å². The first kappa shape index (κ1) is 22.5. The number of carbonyl (C=O) groups is 1. The molecule has 0 aliphatic heterocycles. The van der Waals surface area contributed by atoms with Crippen LogP contribution in [0.3, 0.4) is 0 Å². The molecule has 34 heavy (non-hydrogen) atoms. The first-order valence-electron chi connectivity index (χ1n) is 11.6. The molecule has 0 spiro atoms. The van der Waals surface area contributed by atoms with Gasteiger partial charge in [0.15, 0.2) is 5.65 Å². The molecular formula is C25H27ClN6O2. The van der Waals surface area contributed by atoms with E-state index in [0.717, 1.165) is 29.6 Å². The minimum absolute atomic E-state index is 0.0871. The topological polar surface area (TPSA) is 89.9 Å². The Morgan fingerprint density at radius 1 is 1.21 bits per heavy atom. The van der Waals surface area contributed by atoms with Gasteiger partial charge < -0.3 is 9.32 Å². The fourth-order valence-electron chi connectivity index (χ4n) is 4.03. The summed E-state index contributed by atoms with van der Waals surface area (Å²) < 4.78 is 7.76. The molecule has 0 radical (unpaired) electrons. The minimum atomic E-state index is -0.106. The van der Waals surface area contributed by atoms with Gasteiger partial charge in [-0.2, -0.15) is 5.10 Å². The Labute approximate surface area is 202 Å². The Hall–Kier alpha value is -3.26. The van der Waals surface area contributed by atoms with Crippen LogP contribution < -0.4 is 0 Å². The molecule has 1 saturated carbocycles. The Morgan fingerprint density at radius 2 is 1.97 bits per heavy atom. The van der Waals surface area contributed by atoms with Gasteiger partial charge in [-0.05, 0) is 58.7 Å². The lowest BCUT2D eigenvalue weighted by atomic mass is 10.1. The maximum absolute atomic E-state index is 13.9. The highest BCUT2D eigenvalue weighted by atomic mass is 35.5. The number of benzene rings is 1. The second-order valence-electron chi connectivity index (χ2n) is 9.30. The van der Waals surface area contributed by atoms with Gasteiger partial charge in [0.2, 0.25) is 11.8 Å². The van der Waals surface area contributed by atoms with E-state index in [1.54, 1.807) is 17.2 Å². The van der Waals surface area contributed by atoms with Gasteiger partial charge in [-0.3, -0.25) is 4.79 Å². The Balaban J connectivity index is 1.50. The molecule has 1 fully saturated rings. The molecule has 8 nitrogen and oxygen atoms in total. The van der Waals surface area contributed by atoms with E-state index in [0.29, 0.717) is 33.8 Å². The SMILES string of the molecule is CC(C)N(Cc1nnc(-c2ccccc2Cl)o1)C(=O)c1cc(C2CC2)nc2c1cnn2C(C)C. The van der Waals surface area contributed by atoms with Crippen LogP contribution in [-0.4, -0.2) is 41.8 Å². The minimum Gasteiger partial charge on any atom is -0.419 e. The molecule has 176 valence electrons. The fraction of sp³-hybridized carbons (Fsp3) is 0.400. The van der Waals surface area contributed by atoms with Gasteiger partial charge in [0.25, 0.3) is 5.91 Å². The molecule has 1 amide bonds. The van der Waals surface area contributed by atoms with E-state index < -0.39 is 0 Å². The first-order chi connectivity index (χ1) is 16.3. The summed E-state index contributed by atoms with van der Waals surface area (Å²) in [5.41, 5.74) is 2.99. The largest absolute Gasteiger partial charge is 0.419 e. The Bertz CT molecular complexity index is 1350. The molecule has 4 aromatic rings. The van der Waals surface area contributed by atoms with E-state index in [9.17, 15) is 4.79 Å². The summed E-state index contributed by atoms with van der Waals surface area (Å²) in [5.74, 6) is 0.984. The van der Waals surface area contributed by atoms with Crippen LogP contribution in [0.1, 0.15) is 74.4 Å². The molecule has 3 heterocycles. The number of halogens is 1. The Morgan fingerprint density at radius 3 is 2.65 bits per heavy atom. The van der Waals surface area contributed by atoms with Crippen LogP contribution >= 0.6 is 11.6 Å². The summed E-state index contributed by atoms with van der Waals surface area (Å²) in [7, 11) is 0. The summed E-state index contributed by atoms with van der Waals surface area (Å²) in [4.78, 5) is 20.5. The number of carbonyl (C=O) groups excluding carboxylic acids is 1. The standard InChI is InChI=1S/C25H27ClN6O2/c1-14(2)31(13-22-29-30-24(34-22)17-7-5-6-8-20(17)26)25(33)18-11-21(16-9-10-16)28-23-19(18)12-27-32(23)15(3)4/h5-8,11-12,14-16H,9-10,13H2,1-4H3. The molecule has 9 heteroatoms. The van der Waals surface area contributed by atoms with Gasteiger partial charge in [-0.1, -0.05) is 23.7 Å². The van der Waals surface area contributed by atoms with Crippen molar-refractivity contribution in [2.75, 3.05) is 0 Å². The van der Waals surface area contributed by atoms with E-state index in [1.807, 2.05) is 42.8 Å². The summed E-state index contributed by atoms with van der Waals surface area (Å²) >= 11 is 6.27. The fourth-order valence-corrected chi connectivity index (χ4v) is 4.25. The van der Waals surface area contributed by atoms with Gasteiger partial charge >= 0.3 is 0 Å². The van der Waals surface area contributed by atoms with Gasteiger partial charge in [-0.25, -0.2) is 9.67 Å². The van der Waals surface area contributed by atoms with Crippen LogP contribution in [0.25, 0.3) is 22.5 Å². The molecule has 1 aliphatic rings. The van der Waals surface area contributed by atoms with Crippen molar-refractivity contribution in [2.45, 2.75) is 65.1 Å². The van der Waals surface area contributed by atoms with Crippen LogP contribution in [-0.2, 0) is 6.54 Å². The third kappa shape index (κ3) is 4.18. The number of amides is 1. The van der Waals surface area contributed by atoms with Crippen LogP contribution in [0.5, 0.6) is 0 Å². The number of pyridine rings is 1. The summed E-state index contributed by atoms with van der Waals surface area (Å²) in [6, 6.07) is 9.29. The summed E-state index contributed by atoms with van der Waals surface area (Å²) in [6.45, 7) is 8.26. The predicted octanol–water partition coefficient (Wildman–Crippen LogP) is 5.64. The predicted molar refractivity (Wildman–Crippen MR) is 130 cm³/mol. The third-order valence-corrected chi connectivity index (χ3v) is 6.39. The number of rotatable bonds is 7. The molecule has 5 rings (SSSR count). The van der Waals surface area contributed by atoms with E-state index in [1.165, 1.54) is 0 Å². The smallest absolute Gasteiger partial charge is 0.255 e. The molecule has 0 N–H and O–H groups in total. The summed E-state index contributed by atoms with van der Waals surface area (Å²) in [5, 5.41) is 14.1. The lowest BCUT2D eigenvalue weighted by Gasteiger charge is -2.25. The second-order valence-corrected chi connectivity index (χ2v) is 9.70. The average Bonchev–Trinajstić information content (AvgIpc) is 3.40. The molecule has 0 bridgehead atoms. The molecule has 0 saturated heterocycles. The van der Waals surface area contributed by atoms with Crippen molar-refractivity contribution < 1.29 is 9.21 Å². The first-order valence-corrected chi connectivity index (χ1v) is 12.0. The molecule has 0 atom stereocenters. The van der Waals surface area contributed by atoms with Crippen molar-refractivity contribution in [3.8, 4) is 11.5 Å². The van der Waals surface area contributed by atoms with Crippen LogP contribution in [0.4, 0.5) is 0 Å². The molecular weight excluding hydrogens is 452 g/mol. The van der Waals surface area contributed by atoms with Crippen molar-refractivity contribution in [1.82, 2.24) is 29.9 Å². The normalized spacial score (nSPS) is 13.9. The van der Waals surface area contributed by atoms with Gasteiger partial charge in [-0.15, -0.1) is 10.2 Å². The van der Waals surface area contributed by atoms with Crippen LogP contribution in [0.2, 0.25) is 5.02 Å². The summed E-state index contributed by atoms with van der Waals surface area (Å²) in [6.07, 6.45) is 3.94. The van der Waals surface area contributed by atoms with Crippen molar-refractivity contribution >= 4 is 28.5 Å². The molecule has 0 unspecified atom stereocenters. The molecule has 3 aromatic heterocycles. The highest BCUT2D eigenvalue weighted by Gasteiger charge is 2.30. The number of hydrogen-bond acceptors (Lipinski definition) is 6. The van der Waals surface area contributed by atoms with Crippen LogP contribution in [0.15, 0.2) is 40.9 Å². The van der Waals surface area contributed by atoms with Gasteiger partial charge in [0.05, 0.1) is 34.3 Å². The average molecular weight is 479 g/mol. The Kier molecular flexibility index (Phi) is 5.85. The van der Waals surface area contributed by atoms with E-state index in [2.05, 4.69) is 29.1 Å². The highest BCUT2D eigenvalue weighted by molar-refractivity contribution is 6.33. The highest BCUT2D eigenvalue weighted by Crippen LogP contribution is 2.40. The molecule has 1 aliphatic carbocycles. The third-order valence-electron chi connectivity index (χ3n) is 6.06. The lowest BCUT2D eigenvalue weighted by molar-refractivity contribution is 0.0674. The van der Waals surface area contributed by atoms with E-state index in [4.69, 9.17) is 21.0 Å². The van der Waals surface area contributed by atoms with Crippen molar-refractivity contribution in [2.24, 2.45) is 0 Å². The maximum Gasteiger partial charge on any atom is 0.255 e. The number of fused-ring (bicyclic) bond motifs is 1. The monoisotopic (exact) mass is 478 g/mol. The van der Waals surface area contributed by atoms with Crippen LogP contribution in [0, 0.1) is 0 Å². The maximum atomic E-state index is 13.9. The number of nitrogens with zero attached hydrogens (tertiary/aromatic N) is 6. The molecule has 1 aromatic carbocycles. The quantitative estimate of drug-likeness (QED) is 0.341. The number of hydrogen-bond donors (Lipinski definition) is 0. The van der Waals surface area contributed by atoms with Gasteiger partial charge in [0, 0.05) is 23.7 Å². The van der Waals surface area contributed by atoms with E-state index in [-0.39, 0.29) is 24.5 Å². The zero-order valence-corrected chi connectivity index (χ0v) is 20.5. The second kappa shape index (κ2) is 8.83.